The number of nitrogens with zero attached hydrogens (tertiary/aromatic N) is 1. The highest BCUT2D eigenvalue weighted by Crippen LogP contribution is 2.30. The van der Waals surface area contributed by atoms with Crippen LogP contribution in [0.3, 0.4) is 0 Å². The maximum Gasteiger partial charge on any atom is 0.490 e. The van der Waals surface area contributed by atoms with Crippen LogP contribution in [0, 0.1) is 5.92 Å². The number of rotatable bonds is 14. The zero-order chi connectivity index (χ0) is 34.4. The van der Waals surface area contributed by atoms with Crippen molar-refractivity contribution in [2.75, 3.05) is 25.4 Å². The normalized spacial score (nSPS) is 10.8. The molecular formula is C32H52F3N5O3S2. The van der Waals surface area contributed by atoms with Crippen molar-refractivity contribution < 1.29 is 27.9 Å². The van der Waals surface area contributed by atoms with E-state index < -0.39 is 18.1 Å². The van der Waals surface area contributed by atoms with E-state index in [0.29, 0.717) is 11.5 Å². The molecule has 256 valence electrons. The van der Waals surface area contributed by atoms with Gasteiger partial charge in [-0.3, -0.25) is 4.79 Å². The largest absolute Gasteiger partial charge is 0.490 e. The number of aliphatic carboxylic acids is 1. The molecule has 1 aromatic carbocycles. The van der Waals surface area contributed by atoms with E-state index in [2.05, 4.69) is 68.9 Å². The summed E-state index contributed by atoms with van der Waals surface area (Å²) in [5, 5.41) is 18.0. The van der Waals surface area contributed by atoms with Gasteiger partial charge in [0.15, 0.2) is 0 Å². The third kappa shape index (κ3) is 17.6. The molecule has 6 N–H and O–H groups in total. The number of unbranched alkanes of at least 4 members (excludes halogenated alkanes) is 4. The Bertz CT molecular complexity index is 1240. The number of carboxylic acids is 1. The van der Waals surface area contributed by atoms with Gasteiger partial charge >= 0.3 is 12.1 Å². The average Bonchev–Trinajstić information content (AvgIpc) is 3.62. The molecule has 0 bridgehead atoms. The third-order valence-corrected chi connectivity index (χ3v) is 7.00. The minimum Gasteiger partial charge on any atom is -0.475 e. The minimum absolute atomic E-state index is 0.426. The fourth-order valence-electron chi connectivity index (χ4n) is 3.95. The Morgan fingerprint density at radius 3 is 2.22 bits per heavy atom. The Balaban J connectivity index is 0.000000798. The van der Waals surface area contributed by atoms with Crippen LogP contribution in [0.2, 0.25) is 0 Å². The summed E-state index contributed by atoms with van der Waals surface area (Å²) in [5.41, 5.74) is 9.91. The fraction of sp³-hybridized carbons (Fsp3) is 0.594. The SMILES string of the molecule is CCCCCCCNCC.CCS.CCc1c[nH]c2c(C(N)=O)cc(-c3csc(CNCC(C)C)n3)cc12.O=C(O)C(F)(F)F. The Labute approximate surface area is 275 Å². The number of carboxylic acid groups (broad SMARTS) is 1. The predicted molar refractivity (Wildman–Crippen MR) is 184 cm³/mol. The summed E-state index contributed by atoms with van der Waals surface area (Å²) >= 11 is 5.42. The monoisotopic (exact) mass is 675 g/mol. The summed E-state index contributed by atoms with van der Waals surface area (Å²) in [7, 11) is 0. The second-order valence-corrected chi connectivity index (χ2v) is 12.1. The van der Waals surface area contributed by atoms with Crippen molar-refractivity contribution in [2.45, 2.75) is 92.8 Å². The summed E-state index contributed by atoms with van der Waals surface area (Å²) in [6, 6.07) is 3.93. The van der Waals surface area contributed by atoms with Crippen LogP contribution in [0.25, 0.3) is 22.2 Å². The second kappa shape index (κ2) is 23.7. The van der Waals surface area contributed by atoms with Gasteiger partial charge in [-0.05, 0) is 61.8 Å². The van der Waals surface area contributed by atoms with Crippen LogP contribution < -0.4 is 16.4 Å². The average molecular weight is 676 g/mol. The van der Waals surface area contributed by atoms with Crippen molar-refractivity contribution in [1.29, 1.82) is 0 Å². The van der Waals surface area contributed by atoms with Crippen molar-refractivity contribution in [1.82, 2.24) is 20.6 Å². The number of alkyl halides is 3. The van der Waals surface area contributed by atoms with E-state index in [0.717, 1.165) is 59.0 Å². The number of aromatic amines is 1. The third-order valence-electron chi connectivity index (χ3n) is 6.15. The molecular weight excluding hydrogens is 624 g/mol. The van der Waals surface area contributed by atoms with Gasteiger partial charge in [0.25, 0.3) is 5.91 Å². The lowest BCUT2D eigenvalue weighted by molar-refractivity contribution is -0.192. The number of hydrogen-bond donors (Lipinski definition) is 6. The summed E-state index contributed by atoms with van der Waals surface area (Å²) in [6.45, 7) is 16.9. The molecule has 0 saturated heterocycles. The number of benzene rings is 1. The number of H-pyrrole nitrogens is 1. The molecule has 0 spiro atoms. The minimum atomic E-state index is -5.08. The number of aromatic nitrogens is 2. The highest BCUT2D eigenvalue weighted by molar-refractivity contribution is 7.80. The van der Waals surface area contributed by atoms with Gasteiger partial charge in [0.1, 0.15) is 5.01 Å². The molecule has 3 rings (SSSR count). The first-order valence-electron chi connectivity index (χ1n) is 15.5. The number of amides is 1. The number of primary amides is 1. The quantitative estimate of drug-likeness (QED) is 0.0762. The Kier molecular flexibility index (Phi) is 22.3. The van der Waals surface area contributed by atoms with E-state index in [1.165, 1.54) is 44.2 Å². The van der Waals surface area contributed by atoms with Gasteiger partial charge in [-0.25, -0.2) is 9.78 Å². The van der Waals surface area contributed by atoms with Crippen LogP contribution >= 0.6 is 24.0 Å². The highest BCUT2D eigenvalue weighted by Gasteiger charge is 2.38. The molecule has 13 heteroatoms. The van der Waals surface area contributed by atoms with Crippen molar-refractivity contribution in [3.63, 3.8) is 0 Å². The fourth-order valence-corrected chi connectivity index (χ4v) is 4.72. The number of halogens is 3. The summed E-state index contributed by atoms with van der Waals surface area (Å²) in [5.74, 6) is -1.63. The number of aryl methyl sites for hydroxylation is 1. The number of hydrogen-bond acceptors (Lipinski definition) is 7. The molecule has 2 heterocycles. The van der Waals surface area contributed by atoms with Crippen molar-refractivity contribution in [3.05, 3.63) is 39.8 Å². The van der Waals surface area contributed by atoms with E-state index in [-0.39, 0.29) is 0 Å². The predicted octanol–water partition coefficient (Wildman–Crippen LogP) is 7.83. The van der Waals surface area contributed by atoms with Crippen LogP contribution in [0.1, 0.15) is 94.6 Å². The van der Waals surface area contributed by atoms with E-state index in [9.17, 15) is 18.0 Å². The molecule has 2 aromatic heterocycles. The molecule has 0 saturated carbocycles. The van der Waals surface area contributed by atoms with Crippen LogP contribution in [-0.2, 0) is 17.8 Å². The molecule has 3 aromatic rings. The number of carbonyl (C=O) groups excluding carboxylic acids is 1. The van der Waals surface area contributed by atoms with E-state index in [1.54, 1.807) is 11.3 Å². The molecule has 0 unspecified atom stereocenters. The molecule has 0 aliphatic heterocycles. The van der Waals surface area contributed by atoms with Gasteiger partial charge in [0.2, 0.25) is 0 Å². The zero-order valence-electron chi connectivity index (χ0n) is 27.4. The number of nitrogens with one attached hydrogen (secondary N) is 3. The number of thiazole rings is 1. The lowest BCUT2D eigenvalue weighted by Crippen LogP contribution is -2.21. The Morgan fingerprint density at radius 2 is 1.71 bits per heavy atom. The standard InChI is InChI=1S/C19H24N4OS.C9H21N.C2HF3O2.C2H6S/c1-4-12-8-22-18-14(12)5-13(6-15(18)19(20)24)16-10-25-17(23-16)9-21-7-11(2)3;1-3-5-6-7-8-9-10-4-2;3-2(4,5)1(6)7;1-2-3/h5-6,8,10-11,21-22H,4,7,9H2,1-3H3,(H2,20,24);10H,3-9H2,1-2H3;(H,6,7);3H,2H2,1H3. The smallest absolute Gasteiger partial charge is 0.475 e. The zero-order valence-corrected chi connectivity index (χ0v) is 29.2. The number of carbonyl (C=O) groups is 2. The van der Waals surface area contributed by atoms with Gasteiger partial charge in [0.05, 0.1) is 16.8 Å². The Hall–Kier alpha value is -2.61. The van der Waals surface area contributed by atoms with Crippen molar-refractivity contribution in [3.8, 4) is 11.3 Å². The topological polar surface area (TPSA) is 133 Å². The maximum atomic E-state index is 11.9. The van der Waals surface area contributed by atoms with Gasteiger partial charge in [-0.15, -0.1) is 11.3 Å². The maximum absolute atomic E-state index is 11.9. The highest BCUT2D eigenvalue weighted by atomic mass is 32.1. The Morgan fingerprint density at radius 1 is 1.09 bits per heavy atom. The van der Waals surface area contributed by atoms with Gasteiger partial charge in [0, 0.05) is 29.1 Å². The lowest BCUT2D eigenvalue weighted by Gasteiger charge is -2.05. The molecule has 0 aliphatic carbocycles. The first-order valence-corrected chi connectivity index (χ1v) is 17.0. The molecule has 8 nitrogen and oxygen atoms in total. The van der Waals surface area contributed by atoms with Gasteiger partial charge in [-0.1, -0.05) is 67.2 Å². The molecule has 0 radical (unpaired) electrons. The van der Waals surface area contributed by atoms with Crippen LogP contribution in [0.5, 0.6) is 0 Å². The van der Waals surface area contributed by atoms with Crippen LogP contribution in [-0.4, -0.2) is 58.5 Å². The van der Waals surface area contributed by atoms with Crippen molar-refractivity contribution in [2.24, 2.45) is 11.7 Å². The number of nitrogens with two attached hydrogens (primary N) is 1. The molecule has 0 fully saturated rings. The van der Waals surface area contributed by atoms with E-state index in [1.807, 2.05) is 24.6 Å². The summed E-state index contributed by atoms with van der Waals surface area (Å²) < 4.78 is 31.7. The van der Waals surface area contributed by atoms with Gasteiger partial charge < -0.3 is 26.5 Å². The summed E-state index contributed by atoms with van der Waals surface area (Å²) in [4.78, 5) is 28.7. The molecule has 1 amide bonds. The number of fused-ring (bicyclic) bond motifs is 1. The molecule has 45 heavy (non-hydrogen) atoms. The van der Waals surface area contributed by atoms with E-state index in [4.69, 9.17) is 20.6 Å². The molecule has 0 atom stereocenters. The first-order chi connectivity index (χ1) is 21.3. The first kappa shape index (κ1) is 42.4. The lowest BCUT2D eigenvalue weighted by atomic mass is 10.0. The van der Waals surface area contributed by atoms with Crippen molar-refractivity contribution >= 4 is 46.7 Å². The van der Waals surface area contributed by atoms with Crippen LogP contribution in [0.15, 0.2) is 23.7 Å². The van der Waals surface area contributed by atoms with E-state index >= 15 is 0 Å². The second-order valence-electron chi connectivity index (χ2n) is 10.5. The number of thiol groups is 1. The molecule has 0 aliphatic rings. The summed E-state index contributed by atoms with van der Waals surface area (Å²) in [6.07, 6.45) is 4.69. The van der Waals surface area contributed by atoms with Crippen LogP contribution in [0.4, 0.5) is 13.2 Å². The van der Waals surface area contributed by atoms with Gasteiger partial charge in [-0.2, -0.15) is 25.8 Å².